The third kappa shape index (κ3) is 3.79. The van der Waals surface area contributed by atoms with E-state index in [4.69, 9.17) is 21.4 Å². The monoisotopic (exact) mass is 327 g/mol. The van der Waals surface area contributed by atoms with Crippen LogP contribution in [0.2, 0.25) is 5.02 Å². The quantitative estimate of drug-likeness (QED) is 0.778. The number of halogens is 1. The second-order valence-corrected chi connectivity index (χ2v) is 5.10. The summed E-state index contributed by atoms with van der Waals surface area (Å²) in [5.74, 6) is -1.000. The number of carboxylic acids is 1. The third-order valence-electron chi connectivity index (χ3n) is 2.92. The number of carbonyl (C=O) groups excluding carboxylic acids is 2. The molecule has 8 nitrogen and oxygen atoms in total. The molecule has 0 fully saturated rings. The van der Waals surface area contributed by atoms with E-state index in [0.717, 1.165) is 0 Å². The summed E-state index contributed by atoms with van der Waals surface area (Å²) in [6.07, 6.45) is -0.163. The molecule has 3 amide bonds. The number of fused-ring (bicyclic) bond motifs is 1. The Bertz CT molecular complexity index is 634. The van der Waals surface area contributed by atoms with Gasteiger partial charge in [-0.3, -0.25) is 9.59 Å². The number of hydrogen-bond acceptors (Lipinski definition) is 4. The summed E-state index contributed by atoms with van der Waals surface area (Å²) in [5, 5.41) is 14.1. The lowest BCUT2D eigenvalue weighted by Crippen LogP contribution is -2.33. The average Bonchev–Trinajstić information content (AvgIpc) is 2.43. The third-order valence-corrected chi connectivity index (χ3v) is 3.14. The standard InChI is InChI=1S/C13H14ClN3O5/c1-17(3-2-11(19)20)13(21)16-9-5-7(14)4-8-12(9)22-6-10(18)15-8/h4-5H,2-3,6H2,1H3,(H,15,18)(H,16,21)(H,19,20). The largest absolute Gasteiger partial charge is 0.481 e. The molecule has 0 aromatic heterocycles. The first-order chi connectivity index (χ1) is 10.4. The van der Waals surface area contributed by atoms with E-state index < -0.39 is 12.0 Å². The molecule has 2 rings (SSSR count). The van der Waals surface area contributed by atoms with Gasteiger partial charge in [0.25, 0.3) is 5.91 Å². The zero-order valence-corrected chi connectivity index (χ0v) is 12.4. The van der Waals surface area contributed by atoms with Gasteiger partial charge in [-0.1, -0.05) is 11.6 Å². The Labute approximate surface area is 131 Å². The summed E-state index contributed by atoms with van der Waals surface area (Å²) in [5.41, 5.74) is 0.668. The summed E-state index contributed by atoms with van der Waals surface area (Å²) in [6, 6.07) is 2.49. The molecule has 1 aromatic carbocycles. The van der Waals surface area contributed by atoms with E-state index >= 15 is 0 Å². The van der Waals surface area contributed by atoms with Crippen molar-refractivity contribution in [2.24, 2.45) is 0 Å². The molecule has 22 heavy (non-hydrogen) atoms. The number of hydrogen-bond donors (Lipinski definition) is 3. The lowest BCUT2D eigenvalue weighted by molar-refractivity contribution is -0.137. The first-order valence-electron chi connectivity index (χ1n) is 6.37. The minimum Gasteiger partial charge on any atom is -0.481 e. The van der Waals surface area contributed by atoms with Crippen LogP contribution in [0.1, 0.15) is 6.42 Å². The molecule has 118 valence electrons. The first-order valence-corrected chi connectivity index (χ1v) is 6.74. The van der Waals surface area contributed by atoms with Gasteiger partial charge < -0.3 is 25.4 Å². The van der Waals surface area contributed by atoms with Crippen LogP contribution < -0.4 is 15.4 Å². The first kappa shape index (κ1) is 15.9. The minimum absolute atomic E-state index is 0.0571. The number of aliphatic carboxylic acids is 1. The summed E-state index contributed by atoms with van der Waals surface area (Å²) in [6.45, 7) is -0.103. The Balaban J connectivity index is 2.14. The van der Waals surface area contributed by atoms with E-state index in [1.807, 2.05) is 0 Å². The predicted molar refractivity (Wildman–Crippen MR) is 79.5 cm³/mol. The van der Waals surface area contributed by atoms with Gasteiger partial charge in [0.2, 0.25) is 0 Å². The van der Waals surface area contributed by atoms with Crippen LogP contribution in [0.4, 0.5) is 16.2 Å². The van der Waals surface area contributed by atoms with Crippen LogP contribution in [0, 0.1) is 0 Å². The van der Waals surface area contributed by atoms with E-state index in [2.05, 4.69) is 10.6 Å². The van der Waals surface area contributed by atoms with Gasteiger partial charge in [0, 0.05) is 18.6 Å². The molecule has 1 aliphatic heterocycles. The van der Waals surface area contributed by atoms with Crippen LogP contribution >= 0.6 is 11.6 Å². The van der Waals surface area contributed by atoms with Crippen molar-refractivity contribution in [3.63, 3.8) is 0 Å². The van der Waals surface area contributed by atoms with Crippen LogP contribution in [-0.4, -0.2) is 48.1 Å². The zero-order valence-electron chi connectivity index (χ0n) is 11.7. The molecular formula is C13H14ClN3O5. The molecule has 1 heterocycles. The molecule has 0 atom stereocenters. The summed E-state index contributed by atoms with van der Waals surface area (Å²) >= 11 is 5.95. The van der Waals surface area contributed by atoms with Gasteiger partial charge in [-0.25, -0.2) is 4.79 Å². The fourth-order valence-corrected chi connectivity index (χ4v) is 2.05. The molecule has 0 aliphatic carbocycles. The fourth-order valence-electron chi connectivity index (χ4n) is 1.83. The second-order valence-electron chi connectivity index (χ2n) is 4.66. The highest BCUT2D eigenvalue weighted by molar-refractivity contribution is 6.31. The SMILES string of the molecule is CN(CCC(=O)O)C(=O)Nc1cc(Cl)cc2c1OCC(=O)N2. The smallest absolute Gasteiger partial charge is 0.321 e. The summed E-state index contributed by atoms with van der Waals surface area (Å²) in [4.78, 5) is 35.1. The maximum Gasteiger partial charge on any atom is 0.321 e. The van der Waals surface area contributed by atoms with Crippen molar-refractivity contribution < 1.29 is 24.2 Å². The van der Waals surface area contributed by atoms with E-state index in [9.17, 15) is 14.4 Å². The molecular weight excluding hydrogens is 314 g/mol. The fraction of sp³-hybridized carbons (Fsp3) is 0.308. The number of carbonyl (C=O) groups is 3. The van der Waals surface area contributed by atoms with Gasteiger partial charge in [-0.05, 0) is 12.1 Å². The highest BCUT2D eigenvalue weighted by atomic mass is 35.5. The molecule has 0 bridgehead atoms. The number of nitrogens with one attached hydrogen (secondary N) is 2. The van der Waals surface area contributed by atoms with Crippen LogP contribution in [-0.2, 0) is 9.59 Å². The van der Waals surface area contributed by atoms with E-state index in [0.29, 0.717) is 22.1 Å². The highest BCUT2D eigenvalue weighted by Crippen LogP contribution is 2.38. The molecule has 3 N–H and O–H groups in total. The molecule has 9 heteroatoms. The van der Waals surface area contributed by atoms with Gasteiger partial charge in [-0.2, -0.15) is 0 Å². The van der Waals surface area contributed by atoms with Crippen molar-refractivity contribution in [3.8, 4) is 5.75 Å². The van der Waals surface area contributed by atoms with Crippen molar-refractivity contribution >= 4 is 40.9 Å². The number of ether oxygens (including phenoxy) is 1. The lowest BCUT2D eigenvalue weighted by Gasteiger charge is -2.23. The number of carboxylic acid groups (broad SMARTS) is 1. The van der Waals surface area contributed by atoms with Crippen LogP contribution in [0.3, 0.4) is 0 Å². The maximum atomic E-state index is 12.0. The van der Waals surface area contributed by atoms with Gasteiger partial charge in [-0.15, -0.1) is 0 Å². The molecule has 0 spiro atoms. The van der Waals surface area contributed by atoms with E-state index in [1.165, 1.54) is 24.1 Å². The number of amides is 3. The molecule has 0 saturated carbocycles. The van der Waals surface area contributed by atoms with Crippen LogP contribution in [0.5, 0.6) is 5.75 Å². The molecule has 1 aromatic rings. The zero-order chi connectivity index (χ0) is 16.3. The van der Waals surface area contributed by atoms with Crippen molar-refractivity contribution in [3.05, 3.63) is 17.2 Å². The van der Waals surface area contributed by atoms with Crippen LogP contribution in [0.15, 0.2) is 12.1 Å². The number of benzene rings is 1. The number of urea groups is 1. The molecule has 0 radical (unpaired) electrons. The number of rotatable bonds is 4. The molecule has 0 saturated heterocycles. The Kier molecular flexibility index (Phi) is 4.71. The Morgan fingerprint density at radius 1 is 1.50 bits per heavy atom. The van der Waals surface area contributed by atoms with Gasteiger partial charge in [0.05, 0.1) is 17.8 Å². The number of anilines is 2. The van der Waals surface area contributed by atoms with Crippen molar-refractivity contribution in [1.82, 2.24) is 4.90 Å². The number of nitrogens with zero attached hydrogens (tertiary/aromatic N) is 1. The lowest BCUT2D eigenvalue weighted by atomic mass is 10.2. The Hall–Kier alpha value is -2.48. The van der Waals surface area contributed by atoms with Gasteiger partial charge >= 0.3 is 12.0 Å². The second kappa shape index (κ2) is 6.52. The van der Waals surface area contributed by atoms with Crippen molar-refractivity contribution in [1.29, 1.82) is 0 Å². The highest BCUT2D eigenvalue weighted by Gasteiger charge is 2.22. The van der Waals surface area contributed by atoms with E-state index in [-0.39, 0.29) is 25.5 Å². The summed E-state index contributed by atoms with van der Waals surface area (Å²) < 4.78 is 5.30. The van der Waals surface area contributed by atoms with Crippen molar-refractivity contribution in [2.75, 3.05) is 30.8 Å². The Morgan fingerprint density at radius 2 is 2.23 bits per heavy atom. The van der Waals surface area contributed by atoms with Crippen molar-refractivity contribution in [2.45, 2.75) is 6.42 Å². The minimum atomic E-state index is -0.995. The summed E-state index contributed by atoms with van der Waals surface area (Å²) in [7, 11) is 1.47. The predicted octanol–water partition coefficient (Wildman–Crippen LogP) is 1.61. The topological polar surface area (TPSA) is 108 Å². The molecule has 1 aliphatic rings. The Morgan fingerprint density at radius 3 is 2.91 bits per heavy atom. The van der Waals surface area contributed by atoms with Gasteiger partial charge in [0.15, 0.2) is 12.4 Å². The normalized spacial score (nSPS) is 12.7. The van der Waals surface area contributed by atoms with E-state index in [1.54, 1.807) is 0 Å². The van der Waals surface area contributed by atoms with Crippen LogP contribution in [0.25, 0.3) is 0 Å². The maximum absolute atomic E-state index is 12.0. The van der Waals surface area contributed by atoms with Gasteiger partial charge in [0.1, 0.15) is 0 Å². The molecule has 0 unspecified atom stereocenters. The average molecular weight is 328 g/mol.